The van der Waals surface area contributed by atoms with Crippen LogP contribution in [0, 0.1) is 0 Å². The molecule has 0 radical (unpaired) electrons. The number of pyridine rings is 1. The quantitative estimate of drug-likeness (QED) is 0.851. The Bertz CT molecular complexity index is 510. The lowest BCUT2D eigenvalue weighted by atomic mass is 10.2. The number of hydrogen-bond acceptors (Lipinski definition) is 4. The summed E-state index contributed by atoms with van der Waals surface area (Å²) < 4.78 is 1.93. The Kier molecular flexibility index (Phi) is 2.98. The van der Waals surface area contributed by atoms with E-state index in [4.69, 9.17) is 0 Å². The van der Waals surface area contributed by atoms with E-state index in [2.05, 4.69) is 26.3 Å². The topological polar surface area (TPSA) is 46.0 Å². The molecule has 0 spiro atoms. The van der Waals surface area contributed by atoms with Gasteiger partial charge in [0.05, 0.1) is 23.9 Å². The molecule has 2 aromatic rings. The van der Waals surface area contributed by atoms with Gasteiger partial charge in [0.25, 0.3) is 0 Å². The summed E-state index contributed by atoms with van der Waals surface area (Å²) in [5.41, 5.74) is 3.04. The number of aromatic nitrogens is 3. The fourth-order valence-electron chi connectivity index (χ4n) is 2.19. The largest absolute Gasteiger partial charge is 0.368 e. The Morgan fingerprint density at radius 2 is 1.94 bits per heavy atom. The standard InChI is InChI=1S/C13H17N5/c1-17-9-13(16-10-17)12-3-2-11(8-15-12)18-6-4-14-5-7-18/h2-3,8-10,14H,4-7H2,1H3. The molecule has 0 unspecified atom stereocenters. The SMILES string of the molecule is Cn1cnc(-c2ccc(N3CCNCC3)cn2)c1. The zero-order chi connectivity index (χ0) is 12.4. The number of aryl methyl sites for hydroxylation is 1. The fourth-order valence-corrected chi connectivity index (χ4v) is 2.19. The van der Waals surface area contributed by atoms with Crippen LogP contribution in [0.3, 0.4) is 0 Å². The lowest BCUT2D eigenvalue weighted by Gasteiger charge is -2.29. The molecule has 0 atom stereocenters. The third-order valence-corrected chi connectivity index (χ3v) is 3.20. The summed E-state index contributed by atoms with van der Waals surface area (Å²) >= 11 is 0. The molecule has 0 aromatic carbocycles. The Balaban J connectivity index is 1.80. The highest BCUT2D eigenvalue weighted by atomic mass is 15.2. The number of nitrogens with one attached hydrogen (secondary N) is 1. The van der Waals surface area contributed by atoms with Crippen LogP contribution >= 0.6 is 0 Å². The maximum atomic E-state index is 4.50. The van der Waals surface area contributed by atoms with Crippen LogP contribution in [0.2, 0.25) is 0 Å². The zero-order valence-corrected chi connectivity index (χ0v) is 10.5. The summed E-state index contributed by atoms with van der Waals surface area (Å²) in [6.45, 7) is 4.18. The number of piperazine rings is 1. The molecule has 18 heavy (non-hydrogen) atoms. The highest BCUT2D eigenvalue weighted by Gasteiger charge is 2.11. The van der Waals surface area contributed by atoms with Crippen LogP contribution in [0.25, 0.3) is 11.4 Å². The molecule has 1 N–H and O–H groups in total. The first-order valence-corrected chi connectivity index (χ1v) is 6.23. The van der Waals surface area contributed by atoms with Gasteiger partial charge >= 0.3 is 0 Å². The molecule has 0 amide bonds. The third kappa shape index (κ3) is 2.22. The van der Waals surface area contributed by atoms with Gasteiger partial charge in [-0.1, -0.05) is 0 Å². The van der Waals surface area contributed by atoms with Crippen molar-refractivity contribution in [3.8, 4) is 11.4 Å². The van der Waals surface area contributed by atoms with Crippen molar-refractivity contribution >= 4 is 5.69 Å². The summed E-state index contributed by atoms with van der Waals surface area (Å²) in [5, 5.41) is 3.35. The van der Waals surface area contributed by atoms with Gasteiger partial charge in [-0.25, -0.2) is 4.98 Å². The lowest BCUT2D eigenvalue weighted by molar-refractivity contribution is 0.589. The summed E-state index contributed by atoms with van der Waals surface area (Å²) in [5.74, 6) is 0. The Morgan fingerprint density at radius 3 is 2.56 bits per heavy atom. The minimum absolute atomic E-state index is 0.921. The van der Waals surface area contributed by atoms with Crippen molar-refractivity contribution in [3.63, 3.8) is 0 Å². The average Bonchev–Trinajstić information content (AvgIpc) is 2.87. The Hall–Kier alpha value is -1.88. The summed E-state index contributed by atoms with van der Waals surface area (Å²) in [6, 6.07) is 4.17. The van der Waals surface area contributed by atoms with Crippen molar-refractivity contribution in [3.05, 3.63) is 30.9 Å². The van der Waals surface area contributed by atoms with Crippen LogP contribution in [0.1, 0.15) is 0 Å². The molecule has 0 bridgehead atoms. The summed E-state index contributed by atoms with van der Waals surface area (Å²) in [6.07, 6.45) is 5.71. The maximum absolute atomic E-state index is 4.50. The van der Waals surface area contributed by atoms with Crippen LogP contribution in [0.4, 0.5) is 5.69 Å². The van der Waals surface area contributed by atoms with Gasteiger partial charge in [-0.3, -0.25) is 4.98 Å². The number of hydrogen-bond donors (Lipinski definition) is 1. The molecule has 5 heteroatoms. The van der Waals surface area contributed by atoms with Crippen molar-refractivity contribution < 1.29 is 0 Å². The number of rotatable bonds is 2. The van der Waals surface area contributed by atoms with E-state index in [1.165, 1.54) is 5.69 Å². The van der Waals surface area contributed by atoms with Gasteiger partial charge in [0.15, 0.2) is 0 Å². The van der Waals surface area contributed by atoms with Gasteiger partial charge in [0, 0.05) is 39.4 Å². The fraction of sp³-hybridized carbons (Fsp3) is 0.385. The van der Waals surface area contributed by atoms with Crippen LogP contribution in [-0.4, -0.2) is 40.7 Å². The first-order valence-electron chi connectivity index (χ1n) is 6.23. The molecule has 0 saturated carbocycles. The van der Waals surface area contributed by atoms with Crippen molar-refractivity contribution in [1.82, 2.24) is 19.9 Å². The highest BCUT2D eigenvalue weighted by molar-refractivity contribution is 5.57. The van der Waals surface area contributed by atoms with Crippen LogP contribution < -0.4 is 10.2 Å². The smallest absolute Gasteiger partial charge is 0.107 e. The van der Waals surface area contributed by atoms with E-state index in [0.29, 0.717) is 0 Å². The monoisotopic (exact) mass is 243 g/mol. The second-order valence-corrected chi connectivity index (χ2v) is 4.56. The predicted octanol–water partition coefficient (Wildman–Crippen LogP) is 0.892. The molecule has 2 aromatic heterocycles. The minimum Gasteiger partial charge on any atom is -0.368 e. The van der Waals surface area contributed by atoms with Crippen molar-refractivity contribution in [2.75, 3.05) is 31.1 Å². The average molecular weight is 243 g/mol. The second-order valence-electron chi connectivity index (χ2n) is 4.56. The van der Waals surface area contributed by atoms with E-state index < -0.39 is 0 Å². The van der Waals surface area contributed by atoms with Crippen LogP contribution in [-0.2, 0) is 7.05 Å². The van der Waals surface area contributed by atoms with Gasteiger partial charge in [-0.15, -0.1) is 0 Å². The molecule has 1 aliphatic heterocycles. The molecule has 5 nitrogen and oxygen atoms in total. The van der Waals surface area contributed by atoms with E-state index in [0.717, 1.165) is 37.6 Å². The summed E-state index contributed by atoms with van der Waals surface area (Å²) in [4.78, 5) is 11.2. The van der Waals surface area contributed by atoms with Gasteiger partial charge in [0.1, 0.15) is 5.69 Å². The van der Waals surface area contributed by atoms with Crippen LogP contribution in [0.5, 0.6) is 0 Å². The van der Waals surface area contributed by atoms with E-state index in [9.17, 15) is 0 Å². The third-order valence-electron chi connectivity index (χ3n) is 3.20. The molecule has 3 heterocycles. The molecule has 1 fully saturated rings. The van der Waals surface area contributed by atoms with Crippen molar-refractivity contribution in [1.29, 1.82) is 0 Å². The van der Waals surface area contributed by atoms with Crippen molar-refractivity contribution in [2.24, 2.45) is 7.05 Å². The molecule has 3 rings (SSSR count). The Labute approximate surface area is 106 Å². The van der Waals surface area contributed by atoms with Gasteiger partial charge in [0.2, 0.25) is 0 Å². The minimum atomic E-state index is 0.921. The first-order chi connectivity index (χ1) is 8.83. The van der Waals surface area contributed by atoms with Gasteiger partial charge in [-0.05, 0) is 12.1 Å². The van der Waals surface area contributed by atoms with Crippen LogP contribution in [0.15, 0.2) is 30.9 Å². The zero-order valence-electron chi connectivity index (χ0n) is 10.5. The molecule has 1 aliphatic rings. The van der Waals surface area contributed by atoms with E-state index >= 15 is 0 Å². The van der Waals surface area contributed by atoms with Gasteiger partial charge in [-0.2, -0.15) is 0 Å². The number of imidazole rings is 1. The van der Waals surface area contributed by atoms with Gasteiger partial charge < -0.3 is 14.8 Å². The summed E-state index contributed by atoms with van der Waals surface area (Å²) in [7, 11) is 1.96. The van der Waals surface area contributed by atoms with E-state index in [-0.39, 0.29) is 0 Å². The Morgan fingerprint density at radius 1 is 1.11 bits per heavy atom. The molecule has 0 aliphatic carbocycles. The highest BCUT2D eigenvalue weighted by Crippen LogP contribution is 2.19. The van der Waals surface area contributed by atoms with E-state index in [1.54, 1.807) is 6.33 Å². The predicted molar refractivity (Wildman–Crippen MR) is 71.5 cm³/mol. The molecular weight excluding hydrogens is 226 g/mol. The van der Waals surface area contributed by atoms with Crippen molar-refractivity contribution in [2.45, 2.75) is 0 Å². The molecule has 94 valence electrons. The normalized spacial score (nSPS) is 15.9. The van der Waals surface area contributed by atoms with E-state index in [1.807, 2.05) is 30.1 Å². The maximum Gasteiger partial charge on any atom is 0.107 e. The lowest BCUT2D eigenvalue weighted by Crippen LogP contribution is -2.43. The first kappa shape index (κ1) is 11.2. The second kappa shape index (κ2) is 4.78. The molecule has 1 saturated heterocycles. The number of anilines is 1. The number of nitrogens with zero attached hydrogens (tertiary/aromatic N) is 4. The molecular formula is C13H17N5.